The molecule has 2 N–H and O–H groups in total. The fourth-order valence-corrected chi connectivity index (χ4v) is 2.27. The molecule has 0 spiro atoms. The van der Waals surface area contributed by atoms with E-state index < -0.39 is 0 Å². The Morgan fingerprint density at radius 3 is 2.60 bits per heavy atom. The topological polar surface area (TPSA) is 64.9 Å². The van der Waals surface area contributed by atoms with E-state index in [-0.39, 0.29) is 0 Å². The molecular weight excluding hydrogens is 318 g/mol. The zero-order valence-electron chi connectivity index (χ0n) is 10.8. The van der Waals surface area contributed by atoms with Crippen molar-refractivity contribution in [1.82, 2.24) is 10.1 Å². The Bertz CT molecular complexity index is 750. The predicted octanol–water partition coefficient (Wildman–Crippen LogP) is 4.06. The van der Waals surface area contributed by atoms with Gasteiger partial charge in [-0.25, -0.2) is 0 Å². The van der Waals surface area contributed by atoms with Crippen molar-refractivity contribution in [3.8, 4) is 22.8 Å². The minimum absolute atomic E-state index is 0.510. The average molecular weight is 330 g/mol. The Morgan fingerprint density at radius 1 is 1.10 bits per heavy atom. The molecule has 5 heteroatoms. The van der Waals surface area contributed by atoms with Gasteiger partial charge in [0.25, 0.3) is 5.89 Å². The van der Waals surface area contributed by atoms with E-state index in [1.165, 1.54) is 0 Å². The van der Waals surface area contributed by atoms with Crippen LogP contribution in [-0.2, 0) is 0 Å². The van der Waals surface area contributed by atoms with Crippen molar-refractivity contribution in [2.45, 2.75) is 6.92 Å². The Labute approximate surface area is 124 Å². The zero-order chi connectivity index (χ0) is 14.1. The Hall–Kier alpha value is -2.14. The van der Waals surface area contributed by atoms with E-state index in [4.69, 9.17) is 10.3 Å². The maximum Gasteiger partial charge on any atom is 0.258 e. The van der Waals surface area contributed by atoms with Gasteiger partial charge in [0.05, 0.1) is 0 Å². The molecule has 2 aromatic carbocycles. The van der Waals surface area contributed by atoms with Gasteiger partial charge in [0, 0.05) is 21.3 Å². The number of aryl methyl sites for hydroxylation is 1. The van der Waals surface area contributed by atoms with Gasteiger partial charge >= 0.3 is 0 Å². The molecule has 0 saturated heterocycles. The highest BCUT2D eigenvalue weighted by atomic mass is 79.9. The van der Waals surface area contributed by atoms with Gasteiger partial charge in [0.2, 0.25) is 5.82 Å². The van der Waals surface area contributed by atoms with Crippen LogP contribution in [0.2, 0.25) is 0 Å². The maximum absolute atomic E-state index is 5.67. The highest BCUT2D eigenvalue weighted by Gasteiger charge is 2.12. The summed E-state index contributed by atoms with van der Waals surface area (Å²) in [6.45, 7) is 2.01. The highest BCUT2D eigenvalue weighted by molar-refractivity contribution is 9.10. The molecule has 3 aromatic rings. The minimum Gasteiger partial charge on any atom is -0.399 e. The van der Waals surface area contributed by atoms with Crippen LogP contribution in [0.5, 0.6) is 0 Å². The number of nitrogen functional groups attached to an aromatic ring is 1. The van der Waals surface area contributed by atoms with Crippen molar-refractivity contribution in [3.05, 3.63) is 52.5 Å². The second kappa shape index (κ2) is 5.09. The summed E-state index contributed by atoms with van der Waals surface area (Å²) in [4.78, 5) is 4.44. The summed E-state index contributed by atoms with van der Waals surface area (Å²) in [5.41, 5.74) is 9.26. The third-order valence-electron chi connectivity index (χ3n) is 3.02. The highest BCUT2D eigenvalue weighted by Crippen LogP contribution is 2.27. The zero-order valence-corrected chi connectivity index (χ0v) is 12.4. The van der Waals surface area contributed by atoms with Gasteiger partial charge < -0.3 is 10.3 Å². The molecular formula is C15H12BrN3O. The summed E-state index contributed by atoms with van der Waals surface area (Å²) in [6, 6.07) is 13.3. The van der Waals surface area contributed by atoms with E-state index in [0.717, 1.165) is 21.2 Å². The standard InChI is InChI=1S/C15H12BrN3O/c1-9-2-5-11(16)8-13(9)15-18-14(19-20-15)10-3-6-12(17)7-4-10/h2-8H,17H2,1H3. The molecule has 0 bridgehead atoms. The molecule has 20 heavy (non-hydrogen) atoms. The van der Waals surface area contributed by atoms with E-state index in [1.807, 2.05) is 49.4 Å². The van der Waals surface area contributed by atoms with Gasteiger partial charge in [-0.05, 0) is 48.9 Å². The van der Waals surface area contributed by atoms with Crippen molar-refractivity contribution in [2.24, 2.45) is 0 Å². The van der Waals surface area contributed by atoms with Gasteiger partial charge in [0.15, 0.2) is 0 Å². The van der Waals surface area contributed by atoms with Crippen LogP contribution in [0.25, 0.3) is 22.8 Å². The van der Waals surface area contributed by atoms with Crippen LogP contribution in [0.4, 0.5) is 5.69 Å². The molecule has 0 unspecified atom stereocenters. The first-order valence-electron chi connectivity index (χ1n) is 6.09. The van der Waals surface area contributed by atoms with Crippen molar-refractivity contribution in [2.75, 3.05) is 5.73 Å². The Morgan fingerprint density at radius 2 is 1.85 bits per heavy atom. The summed E-state index contributed by atoms with van der Waals surface area (Å²) in [7, 11) is 0. The van der Waals surface area contributed by atoms with Gasteiger partial charge in [-0.3, -0.25) is 0 Å². The van der Waals surface area contributed by atoms with Gasteiger partial charge in [-0.15, -0.1) is 0 Å². The predicted molar refractivity (Wildman–Crippen MR) is 82.0 cm³/mol. The number of nitrogens with zero attached hydrogens (tertiary/aromatic N) is 2. The van der Waals surface area contributed by atoms with Crippen molar-refractivity contribution < 1.29 is 4.52 Å². The molecule has 3 rings (SSSR count). The van der Waals surface area contributed by atoms with Crippen LogP contribution in [0.15, 0.2) is 51.5 Å². The van der Waals surface area contributed by atoms with Crippen LogP contribution >= 0.6 is 15.9 Å². The second-order valence-electron chi connectivity index (χ2n) is 4.50. The van der Waals surface area contributed by atoms with Crippen LogP contribution in [0, 0.1) is 6.92 Å². The summed E-state index contributed by atoms with van der Waals surface area (Å²) >= 11 is 3.45. The average Bonchev–Trinajstić information content (AvgIpc) is 2.92. The molecule has 0 radical (unpaired) electrons. The van der Waals surface area contributed by atoms with Gasteiger partial charge in [-0.2, -0.15) is 4.98 Å². The lowest BCUT2D eigenvalue weighted by molar-refractivity contribution is 0.432. The summed E-state index contributed by atoms with van der Waals surface area (Å²) in [5, 5.41) is 4.02. The normalized spacial score (nSPS) is 10.7. The van der Waals surface area contributed by atoms with Crippen molar-refractivity contribution in [3.63, 3.8) is 0 Å². The number of benzene rings is 2. The summed E-state index contributed by atoms with van der Waals surface area (Å²) in [6.07, 6.45) is 0. The number of rotatable bonds is 2. The number of anilines is 1. The summed E-state index contributed by atoms with van der Waals surface area (Å²) in [5.74, 6) is 1.06. The minimum atomic E-state index is 0.510. The number of halogens is 1. The molecule has 100 valence electrons. The Kier molecular flexibility index (Phi) is 3.28. The first kappa shape index (κ1) is 12.9. The lowest BCUT2D eigenvalue weighted by Crippen LogP contribution is -1.86. The molecule has 0 atom stereocenters. The molecule has 4 nitrogen and oxygen atoms in total. The fraction of sp³-hybridized carbons (Fsp3) is 0.0667. The smallest absolute Gasteiger partial charge is 0.258 e. The molecule has 1 heterocycles. The number of aromatic nitrogens is 2. The molecule has 0 saturated carbocycles. The number of nitrogens with two attached hydrogens (primary N) is 1. The van der Waals surface area contributed by atoms with E-state index in [0.29, 0.717) is 17.4 Å². The van der Waals surface area contributed by atoms with Crippen molar-refractivity contribution in [1.29, 1.82) is 0 Å². The molecule has 0 aliphatic carbocycles. The van der Waals surface area contributed by atoms with E-state index in [9.17, 15) is 0 Å². The number of hydrogen-bond acceptors (Lipinski definition) is 4. The van der Waals surface area contributed by atoms with Crippen LogP contribution in [0.3, 0.4) is 0 Å². The van der Waals surface area contributed by atoms with Crippen LogP contribution in [-0.4, -0.2) is 10.1 Å². The summed E-state index contributed by atoms with van der Waals surface area (Å²) < 4.78 is 6.34. The third-order valence-corrected chi connectivity index (χ3v) is 3.52. The van der Waals surface area contributed by atoms with E-state index in [2.05, 4.69) is 26.1 Å². The first-order valence-corrected chi connectivity index (χ1v) is 6.89. The maximum atomic E-state index is 5.67. The van der Waals surface area contributed by atoms with Gasteiger partial charge in [0.1, 0.15) is 0 Å². The number of hydrogen-bond donors (Lipinski definition) is 1. The fourth-order valence-electron chi connectivity index (χ4n) is 1.91. The monoisotopic (exact) mass is 329 g/mol. The third kappa shape index (κ3) is 2.44. The molecule has 1 aromatic heterocycles. The van der Waals surface area contributed by atoms with E-state index >= 15 is 0 Å². The molecule has 0 amide bonds. The molecule has 0 aliphatic rings. The largest absolute Gasteiger partial charge is 0.399 e. The van der Waals surface area contributed by atoms with Crippen LogP contribution < -0.4 is 5.73 Å². The van der Waals surface area contributed by atoms with Crippen LogP contribution in [0.1, 0.15) is 5.56 Å². The molecule has 0 aliphatic heterocycles. The second-order valence-corrected chi connectivity index (χ2v) is 5.42. The van der Waals surface area contributed by atoms with Crippen molar-refractivity contribution >= 4 is 21.6 Å². The SMILES string of the molecule is Cc1ccc(Br)cc1-c1nc(-c2ccc(N)cc2)no1. The molecule has 0 fully saturated rings. The lowest BCUT2D eigenvalue weighted by atomic mass is 10.1. The Balaban J connectivity index is 2.01. The van der Waals surface area contributed by atoms with Gasteiger partial charge in [-0.1, -0.05) is 27.2 Å². The lowest BCUT2D eigenvalue weighted by Gasteiger charge is -2.00. The first-order chi connectivity index (χ1) is 9.63. The quantitative estimate of drug-likeness (QED) is 0.720. The van der Waals surface area contributed by atoms with E-state index in [1.54, 1.807) is 0 Å².